The summed E-state index contributed by atoms with van der Waals surface area (Å²) >= 11 is 0. The zero-order valence-electron chi connectivity index (χ0n) is 15.5. The van der Waals surface area contributed by atoms with Gasteiger partial charge in [0.15, 0.2) is 0 Å². The summed E-state index contributed by atoms with van der Waals surface area (Å²) in [6, 6.07) is 18.0. The summed E-state index contributed by atoms with van der Waals surface area (Å²) in [5.41, 5.74) is 4.32. The Morgan fingerprint density at radius 1 is 1.00 bits per heavy atom. The molecular weight excluding hydrogens is 308 g/mol. The Kier molecular flexibility index (Phi) is 4.53. The molecule has 2 heterocycles. The van der Waals surface area contributed by atoms with Crippen molar-refractivity contribution in [2.45, 2.75) is 19.5 Å². The van der Waals surface area contributed by atoms with E-state index in [9.17, 15) is 0 Å². The third-order valence-corrected chi connectivity index (χ3v) is 6.04. The molecule has 2 saturated heterocycles. The van der Waals surface area contributed by atoms with E-state index in [0.29, 0.717) is 6.04 Å². The maximum atomic E-state index is 5.27. The van der Waals surface area contributed by atoms with Crippen molar-refractivity contribution in [2.75, 3.05) is 33.8 Å². The lowest BCUT2D eigenvalue weighted by Gasteiger charge is -2.28. The average molecular weight is 336 g/mol. The second-order valence-electron chi connectivity index (χ2n) is 7.71. The lowest BCUT2D eigenvalue weighted by atomic mass is 9.88. The zero-order chi connectivity index (χ0) is 17.4. The fraction of sp³-hybridized carbons (Fsp3) is 0.455. The first-order valence-electron chi connectivity index (χ1n) is 9.27. The molecule has 0 unspecified atom stereocenters. The minimum atomic E-state index is 0.562. The molecule has 0 N–H and O–H groups in total. The van der Waals surface area contributed by atoms with Crippen LogP contribution in [0.3, 0.4) is 0 Å². The molecule has 0 bridgehead atoms. The predicted molar refractivity (Wildman–Crippen MR) is 102 cm³/mol. The second kappa shape index (κ2) is 6.81. The summed E-state index contributed by atoms with van der Waals surface area (Å²) in [4.78, 5) is 5.21. The molecule has 2 aromatic rings. The highest BCUT2D eigenvalue weighted by Crippen LogP contribution is 2.45. The van der Waals surface area contributed by atoms with E-state index in [4.69, 9.17) is 4.74 Å². The van der Waals surface area contributed by atoms with Crippen LogP contribution in [0.2, 0.25) is 0 Å². The van der Waals surface area contributed by atoms with Crippen molar-refractivity contribution in [1.82, 2.24) is 9.80 Å². The maximum Gasteiger partial charge on any atom is 0.118 e. The highest BCUT2D eigenvalue weighted by Gasteiger charge is 2.46. The van der Waals surface area contributed by atoms with Crippen LogP contribution in [0.15, 0.2) is 48.5 Å². The van der Waals surface area contributed by atoms with E-state index in [2.05, 4.69) is 72.3 Å². The largest absolute Gasteiger partial charge is 0.497 e. The van der Waals surface area contributed by atoms with Gasteiger partial charge in [-0.1, -0.05) is 36.4 Å². The first kappa shape index (κ1) is 16.6. The quantitative estimate of drug-likeness (QED) is 0.846. The number of aryl methyl sites for hydroxylation is 1. The Morgan fingerprint density at radius 2 is 1.76 bits per heavy atom. The van der Waals surface area contributed by atoms with Crippen LogP contribution in [-0.4, -0.2) is 43.6 Å². The summed E-state index contributed by atoms with van der Waals surface area (Å²) in [6.45, 7) is 6.91. The third kappa shape index (κ3) is 3.19. The smallest absolute Gasteiger partial charge is 0.118 e. The fourth-order valence-electron chi connectivity index (χ4n) is 4.85. The zero-order valence-corrected chi connectivity index (χ0v) is 15.5. The van der Waals surface area contributed by atoms with Crippen LogP contribution in [0.5, 0.6) is 5.75 Å². The molecule has 0 radical (unpaired) electrons. The summed E-state index contributed by atoms with van der Waals surface area (Å²) in [5, 5.41) is 0. The van der Waals surface area contributed by atoms with Crippen molar-refractivity contribution in [3.05, 3.63) is 65.2 Å². The number of hydrogen-bond donors (Lipinski definition) is 0. The van der Waals surface area contributed by atoms with Gasteiger partial charge in [0.25, 0.3) is 0 Å². The van der Waals surface area contributed by atoms with Crippen LogP contribution >= 0.6 is 0 Å². The van der Waals surface area contributed by atoms with Crippen molar-refractivity contribution in [1.29, 1.82) is 0 Å². The van der Waals surface area contributed by atoms with Gasteiger partial charge in [0.05, 0.1) is 7.11 Å². The molecule has 132 valence electrons. The van der Waals surface area contributed by atoms with Gasteiger partial charge in [0, 0.05) is 32.2 Å². The van der Waals surface area contributed by atoms with Gasteiger partial charge < -0.3 is 4.74 Å². The van der Waals surface area contributed by atoms with Gasteiger partial charge >= 0.3 is 0 Å². The summed E-state index contributed by atoms with van der Waals surface area (Å²) in [5.74, 6) is 2.46. The van der Waals surface area contributed by atoms with Gasteiger partial charge in [-0.15, -0.1) is 0 Å². The molecule has 2 aliphatic heterocycles. The van der Waals surface area contributed by atoms with Crippen LogP contribution in [0.25, 0.3) is 0 Å². The number of methoxy groups -OCH3 is 1. The highest BCUT2D eigenvalue weighted by atomic mass is 16.5. The van der Waals surface area contributed by atoms with Gasteiger partial charge in [-0.05, 0) is 54.6 Å². The number of ether oxygens (including phenoxy) is 1. The molecule has 0 saturated carbocycles. The molecule has 4 rings (SSSR count). The number of fused-ring (bicyclic) bond motifs is 1. The minimum Gasteiger partial charge on any atom is -0.497 e. The number of likely N-dealkylation sites (tertiary alicyclic amines) is 2. The topological polar surface area (TPSA) is 15.7 Å². The Labute approximate surface area is 151 Å². The Hall–Kier alpha value is -1.84. The van der Waals surface area contributed by atoms with E-state index in [1.165, 1.54) is 36.3 Å². The average Bonchev–Trinajstić information content (AvgIpc) is 3.12. The minimum absolute atomic E-state index is 0.562. The molecular formula is C22H28N2O. The van der Waals surface area contributed by atoms with Gasteiger partial charge in [-0.2, -0.15) is 0 Å². The molecule has 25 heavy (non-hydrogen) atoms. The maximum absolute atomic E-state index is 5.27. The molecule has 3 atom stereocenters. The Balaban J connectivity index is 1.48. The van der Waals surface area contributed by atoms with Crippen LogP contribution in [0.1, 0.15) is 22.7 Å². The molecule has 3 nitrogen and oxygen atoms in total. The van der Waals surface area contributed by atoms with E-state index < -0.39 is 0 Å². The first-order valence-corrected chi connectivity index (χ1v) is 9.27. The van der Waals surface area contributed by atoms with E-state index in [1.54, 1.807) is 7.11 Å². The molecule has 2 fully saturated rings. The van der Waals surface area contributed by atoms with Crippen LogP contribution in [-0.2, 0) is 6.54 Å². The number of nitrogens with zero attached hydrogens (tertiary/aromatic N) is 2. The summed E-state index contributed by atoms with van der Waals surface area (Å²) in [7, 11) is 4.02. The lowest BCUT2D eigenvalue weighted by molar-refractivity contribution is 0.224. The molecule has 0 spiro atoms. The van der Waals surface area contributed by atoms with E-state index in [-0.39, 0.29) is 0 Å². The molecule has 2 aliphatic rings. The van der Waals surface area contributed by atoms with Crippen LogP contribution in [0, 0.1) is 18.8 Å². The van der Waals surface area contributed by atoms with E-state index in [1.807, 2.05) is 0 Å². The lowest BCUT2D eigenvalue weighted by Crippen LogP contribution is -2.29. The fourth-order valence-corrected chi connectivity index (χ4v) is 4.85. The number of hydrogen-bond acceptors (Lipinski definition) is 3. The van der Waals surface area contributed by atoms with Gasteiger partial charge in [-0.3, -0.25) is 9.80 Å². The predicted octanol–water partition coefficient (Wildman–Crippen LogP) is 3.74. The van der Waals surface area contributed by atoms with Crippen LogP contribution in [0.4, 0.5) is 0 Å². The molecule has 2 aromatic carbocycles. The van der Waals surface area contributed by atoms with E-state index >= 15 is 0 Å². The summed E-state index contributed by atoms with van der Waals surface area (Å²) in [6.07, 6.45) is 0. The second-order valence-corrected chi connectivity index (χ2v) is 7.71. The van der Waals surface area contributed by atoms with Crippen molar-refractivity contribution >= 4 is 0 Å². The molecule has 0 aliphatic carbocycles. The van der Waals surface area contributed by atoms with Gasteiger partial charge in [0.1, 0.15) is 5.75 Å². The van der Waals surface area contributed by atoms with Crippen molar-refractivity contribution < 1.29 is 4.74 Å². The number of rotatable bonds is 4. The molecule has 0 aromatic heterocycles. The first-order chi connectivity index (χ1) is 12.2. The SMILES string of the molecule is COc1ccc(CN2C[C@@H]3CN(C)[C@H](c4ccccc4C)[C@@H]3C2)cc1. The molecule has 3 heteroatoms. The van der Waals surface area contributed by atoms with Crippen molar-refractivity contribution in [3.63, 3.8) is 0 Å². The van der Waals surface area contributed by atoms with Crippen LogP contribution < -0.4 is 4.74 Å². The standard InChI is InChI=1S/C22H28N2O/c1-16-6-4-5-7-20(16)22-21-15-24(14-18(21)13-23(22)2)12-17-8-10-19(25-3)11-9-17/h4-11,18,21-22H,12-15H2,1-3H3/t18-,21+,22+/m0/s1. The van der Waals surface area contributed by atoms with Crippen molar-refractivity contribution in [3.8, 4) is 5.75 Å². The van der Waals surface area contributed by atoms with Gasteiger partial charge in [0.2, 0.25) is 0 Å². The number of benzene rings is 2. The highest BCUT2D eigenvalue weighted by molar-refractivity contribution is 5.31. The Morgan fingerprint density at radius 3 is 2.48 bits per heavy atom. The van der Waals surface area contributed by atoms with Gasteiger partial charge in [-0.25, -0.2) is 0 Å². The monoisotopic (exact) mass is 336 g/mol. The normalized spacial score (nSPS) is 26.8. The summed E-state index contributed by atoms with van der Waals surface area (Å²) < 4.78 is 5.27. The Bertz CT molecular complexity index is 727. The molecule has 0 amide bonds. The van der Waals surface area contributed by atoms with Crippen molar-refractivity contribution in [2.24, 2.45) is 11.8 Å². The van der Waals surface area contributed by atoms with E-state index in [0.717, 1.165) is 24.1 Å². The third-order valence-electron chi connectivity index (χ3n) is 6.04.